The Bertz CT molecular complexity index is 1040. The van der Waals surface area contributed by atoms with Gasteiger partial charge in [0.1, 0.15) is 15.9 Å². The lowest BCUT2D eigenvalue weighted by atomic mass is 10.3. The smallest absolute Gasteiger partial charge is 0.236 e. The van der Waals surface area contributed by atoms with Crippen molar-refractivity contribution in [3.8, 4) is 11.4 Å². The average Bonchev–Trinajstić information content (AvgIpc) is 3.26. The maximum absolute atomic E-state index is 12.1. The molecule has 2 N–H and O–H groups in total. The van der Waals surface area contributed by atoms with Crippen molar-refractivity contribution < 1.29 is 4.79 Å². The van der Waals surface area contributed by atoms with Gasteiger partial charge in [-0.05, 0) is 31.2 Å². The van der Waals surface area contributed by atoms with Gasteiger partial charge in [0, 0.05) is 11.8 Å². The van der Waals surface area contributed by atoms with E-state index < -0.39 is 0 Å². The molecule has 26 heavy (non-hydrogen) atoms. The van der Waals surface area contributed by atoms with E-state index in [1.165, 1.54) is 23.1 Å². The number of para-hydroxylation sites is 2. The number of hydrogen-bond acceptors (Lipinski definition) is 7. The number of fused-ring (bicyclic) bond motifs is 1. The van der Waals surface area contributed by atoms with Gasteiger partial charge in [0.2, 0.25) is 11.0 Å². The van der Waals surface area contributed by atoms with Gasteiger partial charge in [-0.2, -0.15) is 0 Å². The quantitative estimate of drug-likeness (QED) is 0.513. The number of benzene rings is 1. The van der Waals surface area contributed by atoms with E-state index in [4.69, 9.17) is 0 Å². The van der Waals surface area contributed by atoms with E-state index in [9.17, 15) is 4.79 Å². The molecule has 4 aromatic rings. The Labute approximate surface area is 157 Å². The Kier molecular flexibility index (Phi) is 4.63. The van der Waals surface area contributed by atoms with Crippen molar-refractivity contribution in [2.45, 2.75) is 11.9 Å². The normalized spacial score (nSPS) is 11.0. The van der Waals surface area contributed by atoms with Crippen molar-refractivity contribution in [2.24, 2.45) is 0 Å². The highest BCUT2D eigenvalue weighted by Gasteiger charge is 2.13. The first-order chi connectivity index (χ1) is 12.7. The molecule has 7 nitrogen and oxygen atoms in total. The van der Waals surface area contributed by atoms with Gasteiger partial charge in [0.25, 0.3) is 0 Å². The second-order valence-corrected chi connectivity index (χ2v) is 7.57. The summed E-state index contributed by atoms with van der Waals surface area (Å²) in [5.41, 5.74) is 2.73. The van der Waals surface area contributed by atoms with Crippen LogP contribution in [0.15, 0.2) is 47.6 Å². The highest BCUT2D eigenvalue weighted by atomic mass is 32.2. The largest absolute Gasteiger partial charge is 0.338 e. The number of pyridine rings is 1. The number of anilines is 1. The van der Waals surface area contributed by atoms with Crippen LogP contribution in [-0.2, 0) is 4.79 Å². The van der Waals surface area contributed by atoms with Crippen molar-refractivity contribution in [3.05, 3.63) is 47.6 Å². The molecule has 130 valence electrons. The summed E-state index contributed by atoms with van der Waals surface area (Å²) in [6.45, 7) is 1.84. The zero-order valence-electron chi connectivity index (χ0n) is 13.8. The minimum Gasteiger partial charge on any atom is -0.338 e. The summed E-state index contributed by atoms with van der Waals surface area (Å²) >= 11 is 2.71. The first-order valence-electron chi connectivity index (χ1n) is 7.82. The molecule has 3 aromatic heterocycles. The first kappa shape index (κ1) is 16.7. The Morgan fingerprint density at radius 3 is 2.92 bits per heavy atom. The van der Waals surface area contributed by atoms with Crippen molar-refractivity contribution in [2.75, 3.05) is 11.1 Å². The van der Waals surface area contributed by atoms with Gasteiger partial charge in [-0.15, -0.1) is 10.2 Å². The monoisotopic (exact) mass is 382 g/mol. The van der Waals surface area contributed by atoms with Crippen LogP contribution in [0.3, 0.4) is 0 Å². The van der Waals surface area contributed by atoms with Gasteiger partial charge < -0.3 is 4.98 Å². The van der Waals surface area contributed by atoms with Crippen molar-refractivity contribution in [1.82, 2.24) is 25.1 Å². The van der Waals surface area contributed by atoms with Gasteiger partial charge in [0.05, 0.1) is 16.8 Å². The van der Waals surface area contributed by atoms with E-state index in [0.717, 1.165) is 32.5 Å². The standard InChI is InChI=1S/C17H14N6OS2/c1-10-22-23-17(26-10)21-14(24)9-25-16-11(5-4-8-18-16)15-19-12-6-2-3-7-13(12)20-15/h2-8H,9H2,1H3,(H,19,20)(H,21,23,24). The molecule has 0 aliphatic rings. The van der Waals surface area contributed by atoms with Gasteiger partial charge in [-0.3, -0.25) is 10.1 Å². The van der Waals surface area contributed by atoms with E-state index in [1.54, 1.807) is 6.20 Å². The summed E-state index contributed by atoms with van der Waals surface area (Å²) < 4.78 is 0. The third kappa shape index (κ3) is 3.58. The number of amides is 1. The van der Waals surface area contributed by atoms with Crippen molar-refractivity contribution in [1.29, 1.82) is 0 Å². The SMILES string of the molecule is Cc1nnc(NC(=O)CSc2ncccc2-c2nc3ccccc3[nH]2)s1. The number of hydrogen-bond donors (Lipinski definition) is 2. The van der Waals surface area contributed by atoms with Gasteiger partial charge in [-0.25, -0.2) is 9.97 Å². The Morgan fingerprint density at radius 2 is 2.12 bits per heavy atom. The number of H-pyrrole nitrogens is 1. The van der Waals surface area contributed by atoms with Crippen molar-refractivity contribution in [3.63, 3.8) is 0 Å². The second-order valence-electron chi connectivity index (χ2n) is 5.42. The van der Waals surface area contributed by atoms with E-state index in [2.05, 4.69) is 30.5 Å². The fourth-order valence-electron chi connectivity index (χ4n) is 2.40. The average molecular weight is 382 g/mol. The topological polar surface area (TPSA) is 96.5 Å². The Morgan fingerprint density at radius 1 is 1.23 bits per heavy atom. The van der Waals surface area contributed by atoms with Crippen LogP contribution in [-0.4, -0.2) is 36.8 Å². The number of aromatic nitrogens is 5. The summed E-state index contributed by atoms with van der Waals surface area (Å²) in [6, 6.07) is 11.6. The molecule has 0 fully saturated rings. The predicted molar refractivity (Wildman–Crippen MR) is 103 cm³/mol. The molecule has 0 unspecified atom stereocenters. The maximum Gasteiger partial charge on any atom is 0.236 e. The number of carbonyl (C=O) groups is 1. The molecule has 1 aromatic carbocycles. The second kappa shape index (κ2) is 7.22. The molecule has 1 amide bonds. The molecule has 0 aliphatic heterocycles. The van der Waals surface area contributed by atoms with Crippen molar-refractivity contribution >= 4 is 45.2 Å². The number of carbonyl (C=O) groups excluding carboxylic acids is 1. The van der Waals surface area contributed by atoms with Crippen LogP contribution >= 0.6 is 23.1 Å². The fourth-order valence-corrected chi connectivity index (χ4v) is 3.81. The van der Waals surface area contributed by atoms with E-state index in [0.29, 0.717) is 5.13 Å². The lowest BCUT2D eigenvalue weighted by molar-refractivity contribution is -0.113. The highest BCUT2D eigenvalue weighted by Crippen LogP contribution is 2.29. The zero-order chi connectivity index (χ0) is 17.9. The zero-order valence-corrected chi connectivity index (χ0v) is 15.4. The van der Waals surface area contributed by atoms with Gasteiger partial charge in [-0.1, -0.05) is 35.2 Å². The highest BCUT2D eigenvalue weighted by molar-refractivity contribution is 8.00. The molecule has 0 aliphatic carbocycles. The molecular weight excluding hydrogens is 368 g/mol. The summed E-state index contributed by atoms with van der Waals surface area (Å²) in [5.74, 6) is 0.817. The molecule has 0 atom stereocenters. The predicted octanol–water partition coefficient (Wildman–Crippen LogP) is 3.52. The maximum atomic E-state index is 12.1. The van der Waals surface area contributed by atoms with Crippen LogP contribution in [0.2, 0.25) is 0 Å². The Balaban J connectivity index is 1.51. The molecule has 0 saturated heterocycles. The first-order valence-corrected chi connectivity index (χ1v) is 9.62. The molecule has 3 heterocycles. The third-order valence-corrected chi connectivity index (χ3v) is 5.29. The number of aryl methyl sites for hydroxylation is 1. The summed E-state index contributed by atoms with van der Waals surface area (Å²) in [4.78, 5) is 24.5. The van der Waals surface area contributed by atoms with Crippen LogP contribution in [0.1, 0.15) is 5.01 Å². The van der Waals surface area contributed by atoms with E-state index in [-0.39, 0.29) is 11.7 Å². The Hall–Kier alpha value is -2.78. The van der Waals surface area contributed by atoms with E-state index in [1.807, 2.05) is 43.3 Å². The van der Waals surface area contributed by atoms with Gasteiger partial charge in [0.15, 0.2) is 0 Å². The molecular formula is C17H14N6OS2. The summed E-state index contributed by atoms with van der Waals surface area (Å²) in [7, 11) is 0. The van der Waals surface area contributed by atoms with Crippen LogP contribution in [0.4, 0.5) is 5.13 Å². The van der Waals surface area contributed by atoms with Crippen LogP contribution in [0.25, 0.3) is 22.4 Å². The van der Waals surface area contributed by atoms with E-state index >= 15 is 0 Å². The van der Waals surface area contributed by atoms with Crippen LogP contribution in [0, 0.1) is 6.92 Å². The number of thioether (sulfide) groups is 1. The molecule has 9 heteroatoms. The molecule has 4 rings (SSSR count). The lowest BCUT2D eigenvalue weighted by Crippen LogP contribution is -2.14. The van der Waals surface area contributed by atoms with Crippen LogP contribution in [0.5, 0.6) is 0 Å². The molecule has 0 saturated carbocycles. The number of imidazole rings is 1. The molecule has 0 bridgehead atoms. The fraction of sp³-hybridized carbons (Fsp3) is 0.118. The minimum atomic E-state index is -0.146. The van der Waals surface area contributed by atoms with Crippen LogP contribution < -0.4 is 5.32 Å². The molecule has 0 radical (unpaired) electrons. The number of aromatic amines is 1. The summed E-state index contributed by atoms with van der Waals surface area (Å²) in [6.07, 6.45) is 1.71. The van der Waals surface area contributed by atoms with Gasteiger partial charge >= 0.3 is 0 Å². The minimum absolute atomic E-state index is 0.146. The lowest BCUT2D eigenvalue weighted by Gasteiger charge is -2.05. The number of nitrogens with zero attached hydrogens (tertiary/aromatic N) is 4. The third-order valence-electron chi connectivity index (χ3n) is 3.53. The number of nitrogens with one attached hydrogen (secondary N) is 2. The number of rotatable bonds is 5. The molecule has 0 spiro atoms. The summed E-state index contributed by atoms with van der Waals surface area (Å²) in [5, 5.41) is 12.6.